The molecule has 0 spiro atoms. The number of carbonyl (C=O) groups is 1. The number of nitrogen functional groups attached to an aromatic ring is 1. The quantitative estimate of drug-likeness (QED) is 0.570. The number of nitrogens with zero attached hydrogens (tertiary/aromatic N) is 2. The average molecular weight is 331 g/mol. The van der Waals surface area contributed by atoms with Gasteiger partial charge in [0.15, 0.2) is 0 Å². The van der Waals surface area contributed by atoms with E-state index >= 15 is 0 Å². The first kappa shape index (κ1) is 15.4. The van der Waals surface area contributed by atoms with Crippen molar-refractivity contribution in [3.63, 3.8) is 0 Å². The molecule has 4 rings (SSSR count). The first-order valence-corrected chi connectivity index (χ1v) is 7.99. The summed E-state index contributed by atoms with van der Waals surface area (Å²) in [4.78, 5) is 18.0. The van der Waals surface area contributed by atoms with E-state index in [1.54, 1.807) is 41.4 Å². The molecule has 0 fully saturated rings. The van der Waals surface area contributed by atoms with Crippen molar-refractivity contribution >= 4 is 17.7 Å². The first-order chi connectivity index (χ1) is 12.2. The molecule has 2 heterocycles. The summed E-state index contributed by atoms with van der Waals surface area (Å²) in [5.41, 5.74) is 7.31. The van der Waals surface area contributed by atoms with Gasteiger partial charge in [-0.1, -0.05) is 36.4 Å². The van der Waals surface area contributed by atoms with Crippen LogP contribution >= 0.6 is 0 Å². The SMILES string of the molecule is Nc1cccc(C2(O)c3ncccc3C(C=O)N2c2ccccc2)c1. The van der Waals surface area contributed by atoms with Crippen molar-refractivity contribution in [1.29, 1.82) is 0 Å². The highest BCUT2D eigenvalue weighted by Gasteiger charge is 2.52. The molecule has 1 aliphatic rings. The van der Waals surface area contributed by atoms with Crippen LogP contribution in [0.4, 0.5) is 11.4 Å². The minimum atomic E-state index is -1.58. The molecule has 0 saturated carbocycles. The minimum Gasteiger partial charge on any atom is -0.399 e. The number of aromatic nitrogens is 1. The Morgan fingerprint density at radius 3 is 2.60 bits per heavy atom. The van der Waals surface area contributed by atoms with Crippen LogP contribution < -0.4 is 10.6 Å². The van der Waals surface area contributed by atoms with Gasteiger partial charge in [-0.05, 0) is 30.3 Å². The Balaban J connectivity index is 2.02. The Labute approximate surface area is 145 Å². The smallest absolute Gasteiger partial charge is 0.210 e. The lowest BCUT2D eigenvalue weighted by molar-refractivity contribution is -0.109. The third-order valence-corrected chi connectivity index (χ3v) is 4.57. The Bertz CT molecular complexity index is 929. The fraction of sp³-hybridized carbons (Fsp3) is 0.100. The summed E-state index contributed by atoms with van der Waals surface area (Å²) >= 11 is 0. The number of benzene rings is 2. The highest BCUT2D eigenvalue weighted by atomic mass is 16.3. The van der Waals surface area contributed by atoms with Crippen molar-refractivity contribution in [2.45, 2.75) is 11.8 Å². The van der Waals surface area contributed by atoms with Gasteiger partial charge in [0.25, 0.3) is 0 Å². The molecule has 0 radical (unpaired) electrons. The van der Waals surface area contributed by atoms with Crippen molar-refractivity contribution in [2.75, 3.05) is 10.6 Å². The summed E-state index contributed by atoms with van der Waals surface area (Å²) in [7, 11) is 0. The number of nitrogens with two attached hydrogens (primary N) is 1. The zero-order valence-electron chi connectivity index (χ0n) is 13.4. The molecule has 1 aromatic heterocycles. The standard InChI is InChI=1S/C20H17N3O2/c21-15-7-4-6-14(12-15)20(25)19-17(10-5-11-22-19)18(13-24)23(20)16-8-2-1-3-9-16/h1-13,18,25H,21H2. The summed E-state index contributed by atoms with van der Waals surface area (Å²) in [5, 5.41) is 11.8. The summed E-state index contributed by atoms with van der Waals surface area (Å²) in [6.07, 6.45) is 2.45. The van der Waals surface area contributed by atoms with Gasteiger partial charge in [-0.15, -0.1) is 0 Å². The van der Waals surface area contributed by atoms with Crippen molar-refractivity contribution in [3.05, 3.63) is 89.7 Å². The van der Waals surface area contributed by atoms with Gasteiger partial charge in [0, 0.05) is 28.7 Å². The average Bonchev–Trinajstić information content (AvgIpc) is 2.92. The number of para-hydroxylation sites is 1. The Kier molecular flexibility index (Phi) is 3.51. The summed E-state index contributed by atoms with van der Waals surface area (Å²) in [6, 6.07) is 19.3. The Hall–Kier alpha value is -3.18. The van der Waals surface area contributed by atoms with Gasteiger partial charge < -0.3 is 20.5 Å². The molecule has 5 heteroatoms. The van der Waals surface area contributed by atoms with E-state index in [0.29, 0.717) is 22.5 Å². The maximum Gasteiger partial charge on any atom is 0.210 e. The number of hydrogen-bond acceptors (Lipinski definition) is 5. The second-order valence-corrected chi connectivity index (χ2v) is 6.03. The highest BCUT2D eigenvalue weighted by molar-refractivity contribution is 5.76. The van der Waals surface area contributed by atoms with Gasteiger partial charge in [-0.3, -0.25) is 4.98 Å². The number of aliphatic hydroxyl groups is 1. The second-order valence-electron chi connectivity index (χ2n) is 6.03. The van der Waals surface area contributed by atoms with E-state index in [0.717, 1.165) is 12.0 Å². The fourth-order valence-corrected chi connectivity index (χ4v) is 3.50. The van der Waals surface area contributed by atoms with Gasteiger partial charge in [0.2, 0.25) is 5.72 Å². The molecule has 3 N–H and O–H groups in total. The number of anilines is 2. The molecular formula is C20H17N3O2. The summed E-state index contributed by atoms with van der Waals surface area (Å²) < 4.78 is 0. The maximum atomic E-state index is 11.9. The number of pyridine rings is 1. The van der Waals surface area contributed by atoms with Crippen LogP contribution in [-0.4, -0.2) is 16.4 Å². The third kappa shape index (κ3) is 2.21. The molecule has 0 amide bonds. The molecule has 0 saturated heterocycles. The molecule has 124 valence electrons. The molecule has 5 nitrogen and oxygen atoms in total. The third-order valence-electron chi connectivity index (χ3n) is 4.57. The van der Waals surface area contributed by atoms with E-state index in [-0.39, 0.29) is 0 Å². The van der Waals surface area contributed by atoms with Crippen molar-refractivity contribution in [1.82, 2.24) is 4.98 Å². The summed E-state index contributed by atoms with van der Waals surface area (Å²) in [6.45, 7) is 0. The Morgan fingerprint density at radius 1 is 1.08 bits per heavy atom. The van der Waals surface area contributed by atoms with E-state index in [9.17, 15) is 9.90 Å². The van der Waals surface area contributed by atoms with Crippen molar-refractivity contribution in [3.8, 4) is 0 Å². The maximum absolute atomic E-state index is 11.9. The number of hydrogen-bond donors (Lipinski definition) is 2. The monoisotopic (exact) mass is 331 g/mol. The van der Waals surface area contributed by atoms with Crippen LogP contribution in [0, 0.1) is 0 Å². The van der Waals surface area contributed by atoms with Gasteiger partial charge in [-0.25, -0.2) is 0 Å². The topological polar surface area (TPSA) is 79.5 Å². The summed E-state index contributed by atoms with van der Waals surface area (Å²) in [5.74, 6) is 0. The van der Waals surface area contributed by atoms with Crippen LogP contribution in [0.1, 0.15) is 22.9 Å². The van der Waals surface area contributed by atoms with Crippen molar-refractivity contribution in [2.24, 2.45) is 0 Å². The van der Waals surface area contributed by atoms with Gasteiger partial charge in [0.05, 0.1) is 0 Å². The van der Waals surface area contributed by atoms with E-state index in [1.165, 1.54) is 0 Å². The van der Waals surface area contributed by atoms with Crippen LogP contribution in [0.5, 0.6) is 0 Å². The van der Waals surface area contributed by atoms with E-state index < -0.39 is 11.8 Å². The van der Waals surface area contributed by atoms with E-state index in [1.807, 2.05) is 36.4 Å². The van der Waals surface area contributed by atoms with Gasteiger partial charge in [-0.2, -0.15) is 0 Å². The lowest BCUT2D eigenvalue weighted by atomic mass is 9.97. The lowest BCUT2D eigenvalue weighted by Crippen LogP contribution is -2.44. The predicted octanol–water partition coefficient (Wildman–Crippen LogP) is 2.62. The molecule has 0 aliphatic carbocycles. The van der Waals surface area contributed by atoms with Gasteiger partial charge in [0.1, 0.15) is 18.0 Å². The number of rotatable bonds is 3. The van der Waals surface area contributed by atoms with Crippen LogP contribution in [0.2, 0.25) is 0 Å². The molecule has 3 aromatic rings. The van der Waals surface area contributed by atoms with Crippen LogP contribution in [-0.2, 0) is 10.5 Å². The first-order valence-electron chi connectivity index (χ1n) is 7.99. The molecule has 2 aromatic carbocycles. The predicted molar refractivity (Wildman–Crippen MR) is 95.8 cm³/mol. The molecular weight excluding hydrogens is 314 g/mol. The van der Waals surface area contributed by atoms with Crippen LogP contribution in [0.15, 0.2) is 72.9 Å². The van der Waals surface area contributed by atoms with E-state index in [4.69, 9.17) is 5.73 Å². The normalized spacial score (nSPS) is 21.8. The molecule has 1 aliphatic heterocycles. The van der Waals surface area contributed by atoms with Crippen LogP contribution in [0.25, 0.3) is 0 Å². The molecule has 25 heavy (non-hydrogen) atoms. The van der Waals surface area contributed by atoms with E-state index in [2.05, 4.69) is 4.98 Å². The highest BCUT2D eigenvalue weighted by Crippen LogP contribution is 2.49. The molecule has 2 atom stereocenters. The van der Waals surface area contributed by atoms with Crippen molar-refractivity contribution < 1.29 is 9.90 Å². The molecule has 0 bridgehead atoms. The number of fused-ring (bicyclic) bond motifs is 1. The van der Waals surface area contributed by atoms with Gasteiger partial charge >= 0.3 is 0 Å². The largest absolute Gasteiger partial charge is 0.399 e. The lowest BCUT2D eigenvalue weighted by Gasteiger charge is -2.37. The zero-order chi connectivity index (χ0) is 17.4. The fourth-order valence-electron chi connectivity index (χ4n) is 3.50. The Morgan fingerprint density at radius 2 is 1.88 bits per heavy atom. The minimum absolute atomic E-state index is 0.446. The zero-order valence-corrected chi connectivity index (χ0v) is 13.4. The second kappa shape index (κ2) is 5.72. The number of aldehydes is 1. The number of carbonyl (C=O) groups excluding carboxylic acids is 1. The van der Waals surface area contributed by atoms with Crippen LogP contribution in [0.3, 0.4) is 0 Å². The molecule has 2 unspecified atom stereocenters.